The Morgan fingerprint density at radius 1 is 1.28 bits per heavy atom. The van der Waals surface area contributed by atoms with Crippen molar-refractivity contribution in [2.45, 2.75) is 25.8 Å². The van der Waals surface area contributed by atoms with E-state index < -0.39 is 5.97 Å². The predicted molar refractivity (Wildman–Crippen MR) is 122 cm³/mol. The van der Waals surface area contributed by atoms with Crippen molar-refractivity contribution in [3.05, 3.63) is 68.1 Å². The van der Waals surface area contributed by atoms with E-state index in [0.29, 0.717) is 36.6 Å². The first kappa shape index (κ1) is 22.1. The Balaban J connectivity index is 1.87. The summed E-state index contributed by atoms with van der Waals surface area (Å²) in [7, 11) is 1.56. The number of hydrogen-bond donors (Lipinski definition) is 1. The van der Waals surface area contributed by atoms with Gasteiger partial charge in [0.2, 0.25) is 0 Å². The number of methoxy groups -OCH3 is 1. The minimum atomic E-state index is -0.617. The van der Waals surface area contributed by atoms with Crippen molar-refractivity contribution in [2.24, 2.45) is 0 Å². The lowest BCUT2D eigenvalue weighted by molar-refractivity contribution is 0.0523. The maximum atomic E-state index is 12.8. The first-order chi connectivity index (χ1) is 15.6. The smallest absolute Gasteiger partial charge is 0.343 e. The van der Waals surface area contributed by atoms with Gasteiger partial charge < -0.3 is 23.9 Å². The number of aliphatic hydroxyl groups excluding tert-OH is 1. The second-order valence-electron chi connectivity index (χ2n) is 7.39. The molecule has 1 atom stereocenters. The Morgan fingerprint density at radius 3 is 2.81 bits per heavy atom. The highest BCUT2D eigenvalue weighted by Crippen LogP contribution is 2.43. The fourth-order valence-electron chi connectivity index (χ4n) is 3.94. The molecule has 0 bridgehead atoms. The van der Waals surface area contributed by atoms with E-state index in [1.165, 1.54) is 6.07 Å². The molecule has 1 aliphatic heterocycles. The van der Waals surface area contributed by atoms with Crippen LogP contribution >= 0.6 is 11.3 Å². The Hall–Kier alpha value is -3.10. The van der Waals surface area contributed by atoms with Crippen molar-refractivity contribution in [3.8, 4) is 22.8 Å². The Kier molecular flexibility index (Phi) is 6.62. The van der Waals surface area contributed by atoms with Crippen LogP contribution in [0.5, 0.6) is 11.5 Å². The van der Waals surface area contributed by atoms with Crippen molar-refractivity contribution >= 4 is 17.3 Å². The van der Waals surface area contributed by atoms with Crippen molar-refractivity contribution < 1.29 is 24.1 Å². The minimum Gasteiger partial charge on any atom is -0.493 e. The Labute approximate surface area is 189 Å². The summed E-state index contributed by atoms with van der Waals surface area (Å²) in [6.07, 6.45) is 2.79. The van der Waals surface area contributed by atoms with E-state index in [1.807, 2.05) is 28.1 Å². The molecule has 2 aromatic heterocycles. The quantitative estimate of drug-likeness (QED) is 0.412. The number of fused-ring (bicyclic) bond motifs is 3. The highest BCUT2D eigenvalue weighted by Gasteiger charge is 2.29. The molecule has 0 fully saturated rings. The van der Waals surface area contributed by atoms with Gasteiger partial charge in [0.05, 0.1) is 32.1 Å². The third kappa shape index (κ3) is 4.16. The van der Waals surface area contributed by atoms with Gasteiger partial charge in [0.1, 0.15) is 5.56 Å². The van der Waals surface area contributed by atoms with E-state index >= 15 is 0 Å². The highest BCUT2D eigenvalue weighted by atomic mass is 32.1. The summed E-state index contributed by atoms with van der Waals surface area (Å²) in [5, 5.41) is 11.1. The molecular formula is C24H25NO6S. The molecule has 0 saturated heterocycles. The zero-order chi connectivity index (χ0) is 22.7. The maximum Gasteiger partial charge on any atom is 0.343 e. The highest BCUT2D eigenvalue weighted by molar-refractivity contribution is 7.10. The number of pyridine rings is 1. The summed E-state index contributed by atoms with van der Waals surface area (Å²) in [6, 6.07) is 9.26. The molecule has 4 rings (SSSR count). The third-order valence-corrected chi connectivity index (χ3v) is 6.39. The number of aliphatic hydroxyl groups is 1. The predicted octanol–water partition coefficient (Wildman–Crippen LogP) is 3.67. The minimum absolute atomic E-state index is 0.0246. The third-order valence-electron chi connectivity index (χ3n) is 5.42. The number of aromatic nitrogens is 1. The first-order valence-electron chi connectivity index (χ1n) is 10.5. The topological polar surface area (TPSA) is 87.0 Å². The number of ether oxygens (including phenoxy) is 3. The van der Waals surface area contributed by atoms with Gasteiger partial charge in [-0.15, -0.1) is 11.3 Å². The van der Waals surface area contributed by atoms with Gasteiger partial charge in [0.25, 0.3) is 0 Å². The second-order valence-corrected chi connectivity index (χ2v) is 8.36. The second kappa shape index (κ2) is 9.58. The molecule has 1 aliphatic rings. The van der Waals surface area contributed by atoms with Crippen LogP contribution in [0.2, 0.25) is 0 Å². The van der Waals surface area contributed by atoms with Crippen molar-refractivity contribution in [1.29, 1.82) is 0 Å². The number of carbonyl (C=O) groups excluding carboxylic acids is 1. The fraction of sp³-hybridized carbons (Fsp3) is 0.333. The van der Waals surface area contributed by atoms with Gasteiger partial charge in [-0.3, -0.25) is 4.79 Å². The largest absolute Gasteiger partial charge is 0.493 e. The van der Waals surface area contributed by atoms with E-state index in [0.717, 1.165) is 16.0 Å². The van der Waals surface area contributed by atoms with Crippen LogP contribution in [-0.4, -0.2) is 42.6 Å². The van der Waals surface area contributed by atoms with Crippen LogP contribution in [0.3, 0.4) is 0 Å². The molecule has 1 N–H and O–H groups in total. The monoisotopic (exact) mass is 455 g/mol. The lowest BCUT2D eigenvalue weighted by atomic mass is 9.91. The van der Waals surface area contributed by atoms with Crippen molar-refractivity contribution in [1.82, 2.24) is 4.57 Å². The van der Waals surface area contributed by atoms with Crippen LogP contribution in [0.25, 0.3) is 11.3 Å². The number of thiophene rings is 1. The van der Waals surface area contributed by atoms with Gasteiger partial charge in [-0.1, -0.05) is 6.07 Å². The number of rotatable bonds is 8. The SMILES string of the molecule is CCOC(=O)c1cn2c(cc1=O)-c1cc(OC)c(OCCCO)cc1CC2c1cccs1. The molecule has 0 aliphatic carbocycles. The summed E-state index contributed by atoms with van der Waals surface area (Å²) in [4.78, 5) is 26.3. The van der Waals surface area contributed by atoms with Crippen LogP contribution in [-0.2, 0) is 11.2 Å². The molecule has 7 nitrogen and oxygen atoms in total. The zero-order valence-electron chi connectivity index (χ0n) is 18.0. The lowest BCUT2D eigenvalue weighted by Crippen LogP contribution is -2.26. The summed E-state index contributed by atoms with van der Waals surface area (Å²) >= 11 is 1.63. The number of benzene rings is 1. The molecule has 168 valence electrons. The molecule has 0 radical (unpaired) electrons. The molecule has 3 aromatic rings. The van der Waals surface area contributed by atoms with Gasteiger partial charge in [-0.25, -0.2) is 4.79 Å². The molecule has 0 amide bonds. The summed E-state index contributed by atoms with van der Waals surface area (Å²) in [5.74, 6) is 0.530. The van der Waals surface area contributed by atoms with Gasteiger partial charge in [0.15, 0.2) is 16.9 Å². The van der Waals surface area contributed by atoms with Crippen LogP contribution in [0.4, 0.5) is 0 Å². The molecule has 0 saturated carbocycles. The molecule has 32 heavy (non-hydrogen) atoms. The Bertz CT molecular complexity index is 1170. The number of carbonyl (C=O) groups is 1. The summed E-state index contributed by atoms with van der Waals surface area (Å²) in [5.41, 5.74) is 2.23. The summed E-state index contributed by atoms with van der Waals surface area (Å²) < 4.78 is 18.4. The van der Waals surface area contributed by atoms with Crippen LogP contribution < -0.4 is 14.9 Å². The normalized spacial score (nSPS) is 14.4. The fourth-order valence-corrected chi connectivity index (χ4v) is 4.76. The van der Waals surface area contributed by atoms with Crippen LogP contribution in [0, 0.1) is 0 Å². The lowest BCUT2D eigenvalue weighted by Gasteiger charge is -2.31. The van der Waals surface area contributed by atoms with Crippen molar-refractivity contribution in [3.63, 3.8) is 0 Å². The van der Waals surface area contributed by atoms with E-state index in [1.54, 1.807) is 31.6 Å². The average Bonchev–Trinajstić information content (AvgIpc) is 3.32. The van der Waals surface area contributed by atoms with E-state index in [9.17, 15) is 9.59 Å². The van der Waals surface area contributed by atoms with Gasteiger partial charge in [0, 0.05) is 35.7 Å². The molecule has 8 heteroatoms. The number of esters is 1. The number of nitrogens with zero attached hydrogens (tertiary/aromatic N) is 1. The maximum absolute atomic E-state index is 12.8. The Morgan fingerprint density at radius 2 is 2.12 bits per heavy atom. The van der Waals surface area contributed by atoms with Crippen LogP contribution in [0.1, 0.15) is 40.2 Å². The molecular weight excluding hydrogens is 430 g/mol. The average molecular weight is 456 g/mol. The molecule has 1 aromatic carbocycles. The van der Waals surface area contributed by atoms with Gasteiger partial charge >= 0.3 is 5.97 Å². The molecule has 1 unspecified atom stereocenters. The standard InChI is InChI=1S/C24H25NO6S/c1-3-30-24(28)17-14-25-18(13-20(17)27)16-12-21(29-2)22(31-8-5-7-26)11-15(16)10-19(25)23-6-4-9-32-23/h4,6,9,11-14,19,26H,3,5,7-8,10H2,1-2H3. The van der Waals surface area contributed by atoms with E-state index in [4.69, 9.17) is 19.3 Å². The van der Waals surface area contributed by atoms with Crippen LogP contribution in [0.15, 0.2) is 46.7 Å². The zero-order valence-corrected chi connectivity index (χ0v) is 18.8. The van der Waals surface area contributed by atoms with Gasteiger partial charge in [-0.05, 0) is 42.5 Å². The molecule has 0 spiro atoms. The summed E-state index contributed by atoms with van der Waals surface area (Å²) in [6.45, 7) is 2.34. The van der Waals surface area contributed by atoms with Crippen molar-refractivity contribution in [2.75, 3.05) is 26.9 Å². The molecule has 3 heterocycles. The van der Waals surface area contributed by atoms with E-state index in [2.05, 4.69) is 6.07 Å². The van der Waals surface area contributed by atoms with E-state index in [-0.39, 0.29) is 30.2 Å². The number of hydrogen-bond acceptors (Lipinski definition) is 7. The van der Waals surface area contributed by atoms with Gasteiger partial charge in [-0.2, -0.15) is 0 Å². The first-order valence-corrected chi connectivity index (χ1v) is 11.4.